The molecule has 0 saturated heterocycles. The molecule has 0 unspecified atom stereocenters. The van der Waals surface area contributed by atoms with E-state index in [1.807, 2.05) is 13.0 Å². The van der Waals surface area contributed by atoms with Crippen molar-refractivity contribution in [2.75, 3.05) is 0 Å². The molecule has 84 valence electrons. The fourth-order valence-corrected chi connectivity index (χ4v) is 1.88. The summed E-state index contributed by atoms with van der Waals surface area (Å²) < 4.78 is 2.21. The number of aromatic nitrogens is 1. The van der Waals surface area contributed by atoms with Gasteiger partial charge < -0.3 is 10.3 Å². The first-order chi connectivity index (χ1) is 7.11. The smallest absolute Gasteiger partial charge is 0.250 e. The molecule has 1 aromatic rings. The van der Waals surface area contributed by atoms with E-state index in [9.17, 15) is 4.79 Å². The molecule has 1 heterocycles. The van der Waals surface area contributed by atoms with E-state index in [2.05, 4.69) is 18.4 Å². The first kappa shape index (κ1) is 11.8. The van der Waals surface area contributed by atoms with Crippen molar-refractivity contribution in [1.29, 1.82) is 0 Å². The van der Waals surface area contributed by atoms with E-state index in [-0.39, 0.29) is 5.91 Å². The van der Waals surface area contributed by atoms with Crippen molar-refractivity contribution in [3.05, 3.63) is 23.0 Å². The van der Waals surface area contributed by atoms with Crippen molar-refractivity contribution >= 4 is 5.91 Å². The minimum Gasteiger partial charge on any atom is -0.366 e. The second kappa shape index (κ2) is 5.01. The van der Waals surface area contributed by atoms with Gasteiger partial charge in [-0.2, -0.15) is 0 Å². The van der Waals surface area contributed by atoms with Gasteiger partial charge in [0.1, 0.15) is 0 Å². The second-order valence-electron chi connectivity index (χ2n) is 3.86. The van der Waals surface area contributed by atoms with Gasteiger partial charge in [0, 0.05) is 17.9 Å². The van der Waals surface area contributed by atoms with Gasteiger partial charge in [0.2, 0.25) is 0 Å². The van der Waals surface area contributed by atoms with Crippen LogP contribution >= 0.6 is 0 Å². The van der Waals surface area contributed by atoms with Crippen LogP contribution in [0, 0.1) is 6.92 Å². The average molecular weight is 208 g/mol. The van der Waals surface area contributed by atoms with Crippen LogP contribution in [0.4, 0.5) is 0 Å². The lowest BCUT2D eigenvalue weighted by Crippen LogP contribution is -2.12. The van der Waals surface area contributed by atoms with Crippen LogP contribution in [0.15, 0.2) is 6.07 Å². The van der Waals surface area contributed by atoms with E-state index in [0.29, 0.717) is 5.56 Å². The molecule has 3 nitrogen and oxygen atoms in total. The van der Waals surface area contributed by atoms with Crippen molar-refractivity contribution < 1.29 is 4.79 Å². The maximum absolute atomic E-state index is 11.2. The van der Waals surface area contributed by atoms with Gasteiger partial charge in [-0.15, -0.1) is 0 Å². The summed E-state index contributed by atoms with van der Waals surface area (Å²) in [5.41, 5.74) is 8.21. The normalized spacial score (nSPS) is 10.6. The molecule has 0 saturated carbocycles. The SMILES string of the molecule is CCCCn1c(CC)cc(C(N)=O)c1C. The molecule has 0 aliphatic carbocycles. The molecule has 1 rings (SSSR count). The third-order valence-electron chi connectivity index (χ3n) is 2.82. The number of primary amides is 1. The number of carbonyl (C=O) groups excluding carboxylic acids is 1. The Hall–Kier alpha value is -1.25. The summed E-state index contributed by atoms with van der Waals surface area (Å²) in [7, 11) is 0. The Kier molecular flexibility index (Phi) is 3.95. The molecule has 3 heteroatoms. The predicted octanol–water partition coefficient (Wildman–Crippen LogP) is 2.26. The third kappa shape index (κ3) is 2.41. The van der Waals surface area contributed by atoms with E-state index >= 15 is 0 Å². The average Bonchev–Trinajstić information content (AvgIpc) is 2.52. The van der Waals surface area contributed by atoms with Gasteiger partial charge in [-0.05, 0) is 25.8 Å². The number of nitrogens with two attached hydrogens (primary N) is 1. The monoisotopic (exact) mass is 208 g/mol. The molecule has 0 aliphatic rings. The minimum atomic E-state index is -0.322. The lowest BCUT2D eigenvalue weighted by molar-refractivity contribution is 0.0999. The standard InChI is InChI=1S/C12H20N2O/c1-4-6-7-14-9(3)11(12(13)15)8-10(14)5-2/h8H,4-7H2,1-3H3,(H2,13,15). The quantitative estimate of drug-likeness (QED) is 0.792. The van der Waals surface area contributed by atoms with Gasteiger partial charge in [-0.25, -0.2) is 0 Å². The molecule has 0 fully saturated rings. The predicted molar refractivity (Wildman–Crippen MR) is 62.0 cm³/mol. The molecule has 0 atom stereocenters. The van der Waals surface area contributed by atoms with Crippen LogP contribution in [0.1, 0.15) is 48.4 Å². The Labute approximate surface area is 91.3 Å². The zero-order valence-electron chi connectivity index (χ0n) is 9.84. The number of nitrogens with zero attached hydrogens (tertiary/aromatic N) is 1. The van der Waals surface area contributed by atoms with Crippen LogP contribution in [0.3, 0.4) is 0 Å². The van der Waals surface area contributed by atoms with E-state index < -0.39 is 0 Å². The fourth-order valence-electron chi connectivity index (χ4n) is 1.88. The fraction of sp³-hybridized carbons (Fsp3) is 0.583. The Morgan fingerprint density at radius 2 is 2.13 bits per heavy atom. The molecule has 0 bridgehead atoms. The second-order valence-corrected chi connectivity index (χ2v) is 3.86. The van der Waals surface area contributed by atoms with Crippen molar-refractivity contribution in [2.24, 2.45) is 5.73 Å². The van der Waals surface area contributed by atoms with Gasteiger partial charge in [0.15, 0.2) is 0 Å². The molecule has 2 N–H and O–H groups in total. The van der Waals surface area contributed by atoms with Crippen molar-refractivity contribution in [3.8, 4) is 0 Å². The highest BCUT2D eigenvalue weighted by Crippen LogP contribution is 2.16. The number of aryl methyl sites for hydroxylation is 1. The zero-order valence-corrected chi connectivity index (χ0v) is 9.84. The van der Waals surface area contributed by atoms with Crippen molar-refractivity contribution in [3.63, 3.8) is 0 Å². The first-order valence-corrected chi connectivity index (χ1v) is 5.60. The highest BCUT2D eigenvalue weighted by molar-refractivity contribution is 5.94. The van der Waals surface area contributed by atoms with Gasteiger partial charge in [0.25, 0.3) is 5.91 Å². The number of unbranched alkanes of at least 4 members (excludes halogenated alkanes) is 1. The summed E-state index contributed by atoms with van der Waals surface area (Å²) >= 11 is 0. The molecule has 1 aromatic heterocycles. The zero-order chi connectivity index (χ0) is 11.4. The molecule has 15 heavy (non-hydrogen) atoms. The Balaban J connectivity index is 3.05. The maximum Gasteiger partial charge on any atom is 0.250 e. The number of hydrogen-bond acceptors (Lipinski definition) is 1. The Morgan fingerprint density at radius 3 is 2.60 bits per heavy atom. The molecular formula is C12H20N2O. The van der Waals surface area contributed by atoms with Gasteiger partial charge in [0.05, 0.1) is 5.56 Å². The van der Waals surface area contributed by atoms with Gasteiger partial charge >= 0.3 is 0 Å². The van der Waals surface area contributed by atoms with Crippen LogP contribution in [-0.2, 0) is 13.0 Å². The lowest BCUT2D eigenvalue weighted by atomic mass is 10.2. The van der Waals surface area contributed by atoms with Gasteiger partial charge in [-0.1, -0.05) is 20.3 Å². The van der Waals surface area contributed by atoms with Gasteiger partial charge in [-0.3, -0.25) is 4.79 Å². The third-order valence-corrected chi connectivity index (χ3v) is 2.82. The summed E-state index contributed by atoms with van der Waals surface area (Å²) in [6, 6.07) is 1.92. The van der Waals surface area contributed by atoms with Crippen LogP contribution in [0.5, 0.6) is 0 Å². The number of carbonyl (C=O) groups is 1. The van der Waals surface area contributed by atoms with E-state index in [0.717, 1.165) is 31.5 Å². The van der Waals surface area contributed by atoms with E-state index in [4.69, 9.17) is 5.73 Å². The maximum atomic E-state index is 11.2. The summed E-state index contributed by atoms with van der Waals surface area (Å²) in [5, 5.41) is 0. The largest absolute Gasteiger partial charge is 0.366 e. The Bertz CT molecular complexity index is 353. The Morgan fingerprint density at radius 1 is 1.47 bits per heavy atom. The molecule has 0 spiro atoms. The summed E-state index contributed by atoms with van der Waals surface area (Å²) in [6.07, 6.45) is 3.24. The molecule has 1 amide bonds. The van der Waals surface area contributed by atoms with Crippen LogP contribution < -0.4 is 5.73 Å². The summed E-state index contributed by atoms with van der Waals surface area (Å²) in [4.78, 5) is 11.2. The van der Waals surface area contributed by atoms with Crippen LogP contribution in [0.2, 0.25) is 0 Å². The van der Waals surface area contributed by atoms with Crippen molar-refractivity contribution in [1.82, 2.24) is 4.57 Å². The number of rotatable bonds is 5. The van der Waals surface area contributed by atoms with E-state index in [1.165, 1.54) is 5.69 Å². The lowest BCUT2D eigenvalue weighted by Gasteiger charge is -2.09. The molecular weight excluding hydrogens is 188 g/mol. The molecule has 0 aromatic carbocycles. The van der Waals surface area contributed by atoms with Crippen LogP contribution in [0.25, 0.3) is 0 Å². The molecule has 0 aliphatic heterocycles. The summed E-state index contributed by atoms with van der Waals surface area (Å²) in [6.45, 7) is 7.22. The van der Waals surface area contributed by atoms with Crippen LogP contribution in [-0.4, -0.2) is 10.5 Å². The molecule has 0 radical (unpaired) electrons. The van der Waals surface area contributed by atoms with E-state index in [1.54, 1.807) is 0 Å². The number of hydrogen-bond donors (Lipinski definition) is 1. The first-order valence-electron chi connectivity index (χ1n) is 5.60. The highest BCUT2D eigenvalue weighted by atomic mass is 16.1. The number of amides is 1. The van der Waals surface area contributed by atoms with Crippen molar-refractivity contribution in [2.45, 2.75) is 46.6 Å². The highest BCUT2D eigenvalue weighted by Gasteiger charge is 2.13. The topological polar surface area (TPSA) is 48.0 Å². The summed E-state index contributed by atoms with van der Waals surface area (Å²) in [5.74, 6) is -0.322. The minimum absolute atomic E-state index is 0.322.